The molecule has 0 atom stereocenters. The number of benzene rings is 1. The molecule has 1 aromatic rings. The first kappa shape index (κ1) is 14.6. The summed E-state index contributed by atoms with van der Waals surface area (Å²) in [6.45, 7) is 1.98. The second-order valence-corrected chi connectivity index (χ2v) is 7.53. The number of rotatable bonds is 4. The molecule has 0 heterocycles. The first-order valence-corrected chi connectivity index (χ1v) is 8.39. The lowest BCUT2D eigenvalue weighted by atomic mass is 10.1. The van der Waals surface area contributed by atoms with Gasteiger partial charge in [0.05, 0.1) is 17.1 Å². The monoisotopic (exact) mass is 322 g/mol. The van der Waals surface area contributed by atoms with Crippen molar-refractivity contribution in [1.29, 1.82) is 0 Å². The normalized spacial score (nSPS) is 15.3. The number of carbonyl (C=O) groups is 1. The summed E-state index contributed by atoms with van der Waals surface area (Å²) in [6, 6.07) is 2.41. The van der Waals surface area contributed by atoms with Crippen LogP contribution in [0.4, 0.5) is 0 Å². The van der Waals surface area contributed by atoms with Crippen LogP contribution in [0, 0.1) is 12.8 Å². The zero-order valence-electron chi connectivity index (χ0n) is 10.2. The predicted molar refractivity (Wildman–Crippen MR) is 72.2 cm³/mol. The summed E-state index contributed by atoms with van der Waals surface area (Å²) in [5, 5.41) is 0.167. The van der Waals surface area contributed by atoms with Crippen molar-refractivity contribution >= 4 is 37.3 Å². The molecular formula is C12H12Cl2O4S. The highest BCUT2D eigenvalue weighted by molar-refractivity contribution is 8.13. The SMILES string of the molecule is Cc1c(Cl)cc(S(=O)(=O)Cl)cc1C(=O)OCC1CC1. The van der Waals surface area contributed by atoms with E-state index in [0.717, 1.165) is 12.8 Å². The minimum absolute atomic E-state index is 0.132. The van der Waals surface area contributed by atoms with E-state index in [1.165, 1.54) is 12.1 Å². The number of halogens is 2. The maximum Gasteiger partial charge on any atom is 0.338 e. The molecule has 1 fully saturated rings. The van der Waals surface area contributed by atoms with Gasteiger partial charge < -0.3 is 4.74 Å². The Morgan fingerprint density at radius 2 is 2.05 bits per heavy atom. The van der Waals surface area contributed by atoms with Crippen LogP contribution in [0.5, 0.6) is 0 Å². The van der Waals surface area contributed by atoms with Crippen molar-refractivity contribution < 1.29 is 17.9 Å². The minimum Gasteiger partial charge on any atom is -0.462 e. The van der Waals surface area contributed by atoms with Gasteiger partial charge in [0, 0.05) is 15.7 Å². The lowest BCUT2D eigenvalue weighted by Crippen LogP contribution is -2.10. The number of ether oxygens (including phenoxy) is 1. The fourth-order valence-corrected chi connectivity index (χ4v) is 2.63. The Bertz CT molecular complexity index is 621. The molecule has 7 heteroatoms. The van der Waals surface area contributed by atoms with Gasteiger partial charge in [-0.2, -0.15) is 0 Å². The Morgan fingerprint density at radius 3 is 2.58 bits per heavy atom. The summed E-state index contributed by atoms with van der Waals surface area (Å²) in [6.07, 6.45) is 2.12. The van der Waals surface area contributed by atoms with Crippen molar-refractivity contribution in [2.45, 2.75) is 24.7 Å². The van der Waals surface area contributed by atoms with E-state index in [1.807, 2.05) is 0 Å². The summed E-state index contributed by atoms with van der Waals surface area (Å²) in [5.41, 5.74) is 0.610. The van der Waals surface area contributed by atoms with Gasteiger partial charge in [0.1, 0.15) is 0 Å². The molecule has 0 aliphatic heterocycles. The van der Waals surface area contributed by atoms with Gasteiger partial charge >= 0.3 is 5.97 Å². The molecule has 1 aromatic carbocycles. The van der Waals surface area contributed by atoms with Crippen molar-refractivity contribution in [3.8, 4) is 0 Å². The Labute approximate surface area is 121 Å². The van der Waals surface area contributed by atoms with Crippen LogP contribution < -0.4 is 0 Å². The summed E-state index contributed by atoms with van der Waals surface area (Å²) in [4.78, 5) is 11.7. The van der Waals surface area contributed by atoms with Gasteiger partial charge in [0.2, 0.25) is 0 Å². The quantitative estimate of drug-likeness (QED) is 0.631. The van der Waals surface area contributed by atoms with Crippen molar-refractivity contribution in [1.82, 2.24) is 0 Å². The maximum absolute atomic E-state index is 11.9. The highest BCUT2D eigenvalue weighted by atomic mass is 35.7. The first-order valence-electron chi connectivity index (χ1n) is 5.71. The van der Waals surface area contributed by atoms with Crippen LogP contribution >= 0.6 is 22.3 Å². The zero-order chi connectivity index (χ0) is 14.2. The zero-order valence-corrected chi connectivity index (χ0v) is 12.5. The van der Waals surface area contributed by atoms with E-state index >= 15 is 0 Å². The molecule has 4 nitrogen and oxygen atoms in total. The Balaban J connectivity index is 2.31. The molecule has 0 N–H and O–H groups in total. The van der Waals surface area contributed by atoms with Crippen LogP contribution in [0.3, 0.4) is 0 Å². The smallest absolute Gasteiger partial charge is 0.338 e. The van der Waals surface area contributed by atoms with Crippen molar-refractivity contribution in [3.05, 3.63) is 28.3 Å². The molecule has 104 valence electrons. The molecule has 1 aliphatic rings. The number of esters is 1. The standard InChI is InChI=1S/C12H12Cl2O4S/c1-7-10(12(15)18-6-8-2-3-8)4-9(5-11(7)13)19(14,16)17/h4-5,8H,2-3,6H2,1H3. The molecule has 0 aromatic heterocycles. The number of hydrogen-bond donors (Lipinski definition) is 0. The van der Waals surface area contributed by atoms with Crippen LogP contribution in [-0.2, 0) is 13.8 Å². The Kier molecular flexibility index (Phi) is 4.08. The van der Waals surface area contributed by atoms with Crippen molar-refractivity contribution in [3.63, 3.8) is 0 Å². The second kappa shape index (κ2) is 5.31. The van der Waals surface area contributed by atoms with E-state index in [1.54, 1.807) is 6.92 Å². The highest BCUT2D eigenvalue weighted by Crippen LogP contribution is 2.30. The topological polar surface area (TPSA) is 60.4 Å². The van der Waals surface area contributed by atoms with E-state index in [9.17, 15) is 13.2 Å². The van der Waals surface area contributed by atoms with E-state index in [-0.39, 0.29) is 15.5 Å². The van der Waals surface area contributed by atoms with Gasteiger partial charge in [0.15, 0.2) is 0 Å². The maximum atomic E-state index is 11.9. The average molecular weight is 323 g/mol. The largest absolute Gasteiger partial charge is 0.462 e. The summed E-state index contributed by atoms with van der Waals surface area (Å²) in [5.74, 6) is -0.145. The highest BCUT2D eigenvalue weighted by Gasteiger charge is 2.25. The summed E-state index contributed by atoms with van der Waals surface area (Å²) >= 11 is 5.91. The molecular weight excluding hydrogens is 311 g/mol. The molecule has 0 unspecified atom stereocenters. The third kappa shape index (κ3) is 3.61. The van der Waals surface area contributed by atoms with Gasteiger partial charge in [-0.05, 0) is 43.4 Å². The van der Waals surface area contributed by atoms with Crippen molar-refractivity contribution in [2.75, 3.05) is 6.61 Å². The van der Waals surface area contributed by atoms with Gasteiger partial charge in [0.25, 0.3) is 9.05 Å². The summed E-state index contributed by atoms with van der Waals surface area (Å²) in [7, 11) is 1.32. The third-order valence-corrected chi connectivity index (χ3v) is 4.69. The van der Waals surface area contributed by atoms with Gasteiger partial charge in [-0.1, -0.05) is 11.6 Å². The fraction of sp³-hybridized carbons (Fsp3) is 0.417. The van der Waals surface area contributed by atoms with E-state index in [2.05, 4.69) is 0 Å². The Morgan fingerprint density at radius 1 is 1.42 bits per heavy atom. The molecule has 19 heavy (non-hydrogen) atoms. The van der Waals surface area contributed by atoms with Crippen LogP contribution in [0.25, 0.3) is 0 Å². The van der Waals surface area contributed by atoms with E-state index in [0.29, 0.717) is 18.1 Å². The lowest BCUT2D eigenvalue weighted by Gasteiger charge is -2.09. The van der Waals surface area contributed by atoms with Crippen molar-refractivity contribution in [2.24, 2.45) is 5.92 Å². The average Bonchev–Trinajstić information content (AvgIpc) is 3.11. The lowest BCUT2D eigenvalue weighted by molar-refractivity contribution is 0.0485. The van der Waals surface area contributed by atoms with Crippen LogP contribution in [0.1, 0.15) is 28.8 Å². The van der Waals surface area contributed by atoms with Crippen LogP contribution in [0.2, 0.25) is 5.02 Å². The second-order valence-electron chi connectivity index (χ2n) is 4.56. The molecule has 0 spiro atoms. The van der Waals surface area contributed by atoms with E-state index < -0.39 is 15.0 Å². The summed E-state index contributed by atoms with van der Waals surface area (Å²) < 4.78 is 27.7. The predicted octanol–water partition coefficient (Wildman–Crippen LogP) is 3.14. The van der Waals surface area contributed by atoms with Crippen LogP contribution in [0.15, 0.2) is 17.0 Å². The first-order chi connectivity index (χ1) is 8.79. The molecule has 2 rings (SSSR count). The minimum atomic E-state index is -3.94. The third-order valence-electron chi connectivity index (χ3n) is 2.97. The van der Waals surface area contributed by atoms with Gasteiger partial charge in [-0.3, -0.25) is 0 Å². The van der Waals surface area contributed by atoms with E-state index in [4.69, 9.17) is 27.0 Å². The van der Waals surface area contributed by atoms with Gasteiger partial charge in [-0.25, -0.2) is 13.2 Å². The molecule has 0 amide bonds. The Hall–Kier alpha value is -0.780. The molecule has 1 aliphatic carbocycles. The fourth-order valence-electron chi connectivity index (χ4n) is 1.56. The number of hydrogen-bond acceptors (Lipinski definition) is 4. The molecule has 0 radical (unpaired) electrons. The molecule has 0 saturated heterocycles. The number of carbonyl (C=O) groups excluding carboxylic acids is 1. The van der Waals surface area contributed by atoms with Gasteiger partial charge in [-0.15, -0.1) is 0 Å². The molecule has 0 bridgehead atoms. The van der Waals surface area contributed by atoms with Crippen LogP contribution in [-0.4, -0.2) is 21.0 Å². The molecule has 1 saturated carbocycles.